The van der Waals surface area contributed by atoms with E-state index in [4.69, 9.17) is 5.26 Å². The molecule has 1 aromatic rings. The number of hydrogen-bond donors (Lipinski definition) is 0. The van der Waals surface area contributed by atoms with E-state index in [2.05, 4.69) is 9.88 Å². The van der Waals surface area contributed by atoms with Crippen LogP contribution in [0, 0.1) is 11.3 Å². The molecular weight excluding hydrogens is 276 g/mol. The van der Waals surface area contributed by atoms with E-state index in [0.29, 0.717) is 19.1 Å². The van der Waals surface area contributed by atoms with E-state index >= 15 is 0 Å². The van der Waals surface area contributed by atoms with Crippen molar-refractivity contribution in [3.8, 4) is 6.07 Å². The molecule has 106 valence electrons. The Bertz CT molecular complexity index is 635. The van der Waals surface area contributed by atoms with Gasteiger partial charge in [-0.05, 0) is 31.5 Å². The maximum atomic E-state index is 12.6. The Balaban J connectivity index is 1.82. The predicted octanol–water partition coefficient (Wildman–Crippen LogP) is 0.422. The molecule has 0 aromatic carbocycles. The van der Waals surface area contributed by atoms with Gasteiger partial charge in [-0.3, -0.25) is 4.90 Å². The van der Waals surface area contributed by atoms with Crippen LogP contribution in [0.15, 0.2) is 23.2 Å². The molecular formula is C13H16N4O2S. The maximum absolute atomic E-state index is 12.6. The Hall–Kier alpha value is -1.49. The molecule has 2 fully saturated rings. The SMILES string of the molecule is N#Cc1ccc(S(=O)(=O)N2CCN3CCCC3C2)cn1. The molecule has 7 heteroatoms. The second kappa shape index (κ2) is 5.13. The predicted molar refractivity (Wildman–Crippen MR) is 72.3 cm³/mol. The summed E-state index contributed by atoms with van der Waals surface area (Å²) in [5, 5.41) is 8.70. The zero-order valence-corrected chi connectivity index (χ0v) is 11.9. The minimum atomic E-state index is -3.49. The Morgan fingerprint density at radius 1 is 1.30 bits per heavy atom. The summed E-state index contributed by atoms with van der Waals surface area (Å²) in [5.74, 6) is 0. The summed E-state index contributed by atoms with van der Waals surface area (Å²) in [4.78, 5) is 6.38. The van der Waals surface area contributed by atoms with Crippen LogP contribution in [-0.2, 0) is 10.0 Å². The van der Waals surface area contributed by atoms with Crippen LogP contribution >= 0.6 is 0 Å². The van der Waals surface area contributed by atoms with Crippen LogP contribution in [0.1, 0.15) is 18.5 Å². The van der Waals surface area contributed by atoms with Crippen molar-refractivity contribution in [2.24, 2.45) is 0 Å². The van der Waals surface area contributed by atoms with Gasteiger partial charge in [-0.1, -0.05) is 0 Å². The van der Waals surface area contributed by atoms with Crippen molar-refractivity contribution in [3.63, 3.8) is 0 Å². The molecule has 20 heavy (non-hydrogen) atoms. The van der Waals surface area contributed by atoms with Crippen LogP contribution in [-0.4, -0.2) is 54.8 Å². The minimum Gasteiger partial charge on any atom is -0.298 e. The Kier molecular flexibility index (Phi) is 3.46. The number of fused-ring (bicyclic) bond motifs is 1. The molecule has 2 saturated heterocycles. The lowest BCUT2D eigenvalue weighted by Crippen LogP contribution is -2.51. The monoisotopic (exact) mass is 292 g/mol. The number of nitrogens with zero attached hydrogens (tertiary/aromatic N) is 4. The van der Waals surface area contributed by atoms with Gasteiger partial charge in [0.25, 0.3) is 0 Å². The lowest BCUT2D eigenvalue weighted by molar-refractivity contribution is 0.158. The van der Waals surface area contributed by atoms with E-state index in [1.807, 2.05) is 6.07 Å². The molecule has 6 nitrogen and oxygen atoms in total. The number of sulfonamides is 1. The fraction of sp³-hybridized carbons (Fsp3) is 0.538. The van der Waals surface area contributed by atoms with Crippen molar-refractivity contribution in [2.75, 3.05) is 26.2 Å². The molecule has 3 rings (SSSR count). The van der Waals surface area contributed by atoms with Crippen molar-refractivity contribution in [1.29, 1.82) is 5.26 Å². The quantitative estimate of drug-likeness (QED) is 0.789. The van der Waals surface area contributed by atoms with Gasteiger partial charge in [-0.15, -0.1) is 0 Å². The lowest BCUT2D eigenvalue weighted by Gasteiger charge is -2.36. The first-order chi connectivity index (χ1) is 9.61. The van der Waals surface area contributed by atoms with Crippen LogP contribution in [0.2, 0.25) is 0 Å². The summed E-state index contributed by atoms with van der Waals surface area (Å²) in [6.45, 7) is 2.96. The molecule has 2 aliphatic heterocycles. The molecule has 0 aliphatic carbocycles. The molecule has 1 aromatic heterocycles. The molecule has 2 aliphatic rings. The maximum Gasteiger partial charge on any atom is 0.244 e. The Morgan fingerprint density at radius 2 is 2.15 bits per heavy atom. The van der Waals surface area contributed by atoms with Crippen LogP contribution < -0.4 is 0 Å². The van der Waals surface area contributed by atoms with Crippen molar-refractivity contribution in [3.05, 3.63) is 24.0 Å². The summed E-state index contributed by atoms with van der Waals surface area (Å²) < 4.78 is 26.7. The van der Waals surface area contributed by atoms with Gasteiger partial charge in [-0.25, -0.2) is 13.4 Å². The van der Waals surface area contributed by atoms with Gasteiger partial charge in [0, 0.05) is 31.9 Å². The number of aromatic nitrogens is 1. The molecule has 1 atom stereocenters. The van der Waals surface area contributed by atoms with Gasteiger partial charge in [0.05, 0.1) is 0 Å². The largest absolute Gasteiger partial charge is 0.298 e. The topological polar surface area (TPSA) is 77.3 Å². The van der Waals surface area contributed by atoms with Crippen molar-refractivity contribution >= 4 is 10.0 Å². The average molecular weight is 292 g/mol. The van der Waals surface area contributed by atoms with Gasteiger partial charge in [0.15, 0.2) is 0 Å². The molecule has 0 spiro atoms. The fourth-order valence-corrected chi connectivity index (χ4v) is 4.34. The molecule has 0 saturated carbocycles. The van der Waals surface area contributed by atoms with Gasteiger partial charge in [0.1, 0.15) is 16.7 Å². The molecule has 0 N–H and O–H groups in total. The van der Waals surface area contributed by atoms with Crippen molar-refractivity contribution < 1.29 is 8.42 Å². The molecule has 0 radical (unpaired) electrons. The third-order valence-electron chi connectivity index (χ3n) is 4.04. The van der Waals surface area contributed by atoms with E-state index in [1.54, 1.807) is 4.31 Å². The normalized spacial score (nSPS) is 24.2. The standard InChI is InChI=1S/C13H16N4O2S/c14-8-11-3-4-13(9-15-11)20(18,19)17-7-6-16-5-1-2-12(16)10-17/h3-4,9,12H,1-2,5-7,10H2. The highest BCUT2D eigenvalue weighted by Gasteiger charge is 2.36. The summed E-state index contributed by atoms with van der Waals surface area (Å²) >= 11 is 0. The lowest BCUT2D eigenvalue weighted by atomic mass is 10.2. The number of rotatable bonds is 2. The molecule has 3 heterocycles. The van der Waals surface area contributed by atoms with Crippen molar-refractivity contribution in [2.45, 2.75) is 23.8 Å². The zero-order chi connectivity index (χ0) is 14.2. The first-order valence-electron chi connectivity index (χ1n) is 6.71. The summed E-state index contributed by atoms with van der Waals surface area (Å²) in [6, 6.07) is 5.14. The van der Waals surface area contributed by atoms with E-state index in [1.165, 1.54) is 18.3 Å². The average Bonchev–Trinajstić information content (AvgIpc) is 2.94. The van der Waals surface area contributed by atoms with Crippen molar-refractivity contribution in [1.82, 2.24) is 14.2 Å². The third kappa shape index (κ3) is 2.30. The second-order valence-corrected chi connectivity index (χ2v) is 7.12. The van der Waals surface area contributed by atoms with E-state index in [0.717, 1.165) is 25.9 Å². The van der Waals surface area contributed by atoms with Gasteiger partial charge in [0.2, 0.25) is 10.0 Å². The molecule has 0 amide bonds. The second-order valence-electron chi connectivity index (χ2n) is 5.19. The van der Waals surface area contributed by atoms with Gasteiger partial charge < -0.3 is 0 Å². The first-order valence-corrected chi connectivity index (χ1v) is 8.15. The van der Waals surface area contributed by atoms with Crippen LogP contribution in [0.5, 0.6) is 0 Å². The zero-order valence-electron chi connectivity index (χ0n) is 11.1. The number of hydrogen-bond acceptors (Lipinski definition) is 5. The minimum absolute atomic E-state index is 0.169. The summed E-state index contributed by atoms with van der Waals surface area (Å²) in [6.07, 6.45) is 3.49. The fourth-order valence-electron chi connectivity index (χ4n) is 2.93. The highest BCUT2D eigenvalue weighted by molar-refractivity contribution is 7.89. The van der Waals surface area contributed by atoms with Crippen LogP contribution in [0.4, 0.5) is 0 Å². The summed E-state index contributed by atoms with van der Waals surface area (Å²) in [7, 11) is -3.49. The van der Waals surface area contributed by atoms with E-state index in [9.17, 15) is 8.42 Å². The highest BCUT2D eigenvalue weighted by atomic mass is 32.2. The Morgan fingerprint density at radius 3 is 2.85 bits per heavy atom. The van der Waals surface area contributed by atoms with Crippen LogP contribution in [0.3, 0.4) is 0 Å². The number of nitriles is 1. The first kappa shape index (κ1) is 13.5. The van der Waals surface area contributed by atoms with Gasteiger partial charge in [-0.2, -0.15) is 9.57 Å². The van der Waals surface area contributed by atoms with E-state index in [-0.39, 0.29) is 10.6 Å². The smallest absolute Gasteiger partial charge is 0.244 e. The molecule has 1 unspecified atom stereocenters. The third-order valence-corrected chi connectivity index (χ3v) is 5.89. The number of pyridine rings is 1. The van der Waals surface area contributed by atoms with E-state index < -0.39 is 10.0 Å². The number of piperazine rings is 1. The molecule has 0 bridgehead atoms. The van der Waals surface area contributed by atoms with Crippen LogP contribution in [0.25, 0.3) is 0 Å². The van der Waals surface area contributed by atoms with Gasteiger partial charge >= 0.3 is 0 Å². The summed E-state index contributed by atoms with van der Waals surface area (Å²) in [5.41, 5.74) is 0.226. The highest BCUT2D eigenvalue weighted by Crippen LogP contribution is 2.25. The Labute approximate surface area is 118 Å².